The van der Waals surface area contributed by atoms with Crippen molar-refractivity contribution in [2.45, 2.75) is 31.9 Å². The molecule has 1 aliphatic heterocycles. The molecule has 3 rings (SSSR count). The summed E-state index contributed by atoms with van der Waals surface area (Å²) in [6, 6.07) is 2.98. The lowest BCUT2D eigenvalue weighted by molar-refractivity contribution is -0.131. The number of hydrogen-bond donors (Lipinski definition) is 0. The fourth-order valence-corrected chi connectivity index (χ4v) is 2.38. The van der Waals surface area contributed by atoms with E-state index < -0.39 is 0 Å². The summed E-state index contributed by atoms with van der Waals surface area (Å²) in [5.74, 6) is 0.676. The van der Waals surface area contributed by atoms with Gasteiger partial charge in [-0.05, 0) is 31.2 Å². The first-order valence-corrected chi connectivity index (χ1v) is 7.14. The molecule has 0 N–H and O–H groups in total. The molecule has 1 atom stereocenters. The predicted molar refractivity (Wildman–Crippen MR) is 72.2 cm³/mol. The van der Waals surface area contributed by atoms with Crippen LogP contribution in [0.15, 0.2) is 23.1 Å². The second kappa shape index (κ2) is 5.75. The minimum Gasteiger partial charge on any atom is -0.376 e. The average molecular weight is 277 g/mol. The zero-order chi connectivity index (χ0) is 13.9. The van der Waals surface area contributed by atoms with Crippen LogP contribution in [0.25, 0.3) is 0 Å². The lowest BCUT2D eigenvalue weighted by atomic mass is 10.3. The third-order valence-electron chi connectivity index (χ3n) is 3.83. The third kappa shape index (κ3) is 3.25. The van der Waals surface area contributed by atoms with Crippen molar-refractivity contribution < 1.29 is 9.53 Å². The van der Waals surface area contributed by atoms with E-state index in [1.807, 2.05) is 0 Å². The number of amides is 1. The van der Waals surface area contributed by atoms with E-state index in [9.17, 15) is 9.59 Å². The molecule has 1 saturated carbocycles. The lowest BCUT2D eigenvalue weighted by Gasteiger charge is -2.17. The molecule has 1 aromatic heterocycles. The predicted octanol–water partition coefficient (Wildman–Crippen LogP) is 0.271. The van der Waals surface area contributed by atoms with Crippen LogP contribution in [0.3, 0.4) is 0 Å². The van der Waals surface area contributed by atoms with Crippen LogP contribution in [0.5, 0.6) is 0 Å². The zero-order valence-corrected chi connectivity index (χ0v) is 11.4. The molecule has 6 heteroatoms. The topological polar surface area (TPSA) is 64.4 Å². The number of likely N-dealkylation sites (tertiary alicyclic amines) is 1. The first-order valence-electron chi connectivity index (χ1n) is 7.14. The largest absolute Gasteiger partial charge is 0.376 e. The second-order valence-electron chi connectivity index (χ2n) is 5.55. The number of carbonyl (C=O) groups excluding carboxylic acids is 1. The molecule has 1 aromatic rings. The molecule has 1 amide bonds. The van der Waals surface area contributed by atoms with E-state index in [-0.39, 0.29) is 24.1 Å². The van der Waals surface area contributed by atoms with Gasteiger partial charge in [-0.1, -0.05) is 0 Å². The summed E-state index contributed by atoms with van der Waals surface area (Å²) in [6.07, 6.45) is 5.10. The van der Waals surface area contributed by atoms with Crippen LogP contribution in [-0.4, -0.2) is 46.4 Å². The summed E-state index contributed by atoms with van der Waals surface area (Å²) in [7, 11) is 0. The van der Waals surface area contributed by atoms with Gasteiger partial charge < -0.3 is 9.64 Å². The van der Waals surface area contributed by atoms with Crippen molar-refractivity contribution >= 4 is 5.91 Å². The smallest absolute Gasteiger partial charge is 0.267 e. The van der Waals surface area contributed by atoms with Gasteiger partial charge in [0.15, 0.2) is 0 Å². The van der Waals surface area contributed by atoms with Gasteiger partial charge in [-0.15, -0.1) is 0 Å². The number of hydrogen-bond acceptors (Lipinski definition) is 4. The van der Waals surface area contributed by atoms with Crippen LogP contribution in [0, 0.1) is 5.92 Å². The highest BCUT2D eigenvalue weighted by Crippen LogP contribution is 2.29. The Morgan fingerprint density at radius 1 is 1.40 bits per heavy atom. The van der Waals surface area contributed by atoms with Crippen LogP contribution >= 0.6 is 0 Å². The molecule has 1 aliphatic carbocycles. The fourth-order valence-electron chi connectivity index (χ4n) is 2.38. The Labute approximate surface area is 117 Å². The minimum absolute atomic E-state index is 0.00895. The SMILES string of the molecule is O=C(Cn1ncccc1=O)N1CC[C@@H](OCC2CC2)C1. The summed E-state index contributed by atoms with van der Waals surface area (Å²) in [4.78, 5) is 25.4. The molecule has 2 aliphatic rings. The fraction of sp³-hybridized carbons (Fsp3) is 0.643. The number of nitrogens with zero attached hydrogens (tertiary/aromatic N) is 3. The van der Waals surface area contributed by atoms with Crippen molar-refractivity contribution in [3.8, 4) is 0 Å². The van der Waals surface area contributed by atoms with Gasteiger partial charge in [-0.2, -0.15) is 5.10 Å². The molecule has 2 fully saturated rings. The van der Waals surface area contributed by atoms with Gasteiger partial charge in [-0.25, -0.2) is 4.68 Å². The lowest BCUT2D eigenvalue weighted by Crippen LogP contribution is -2.36. The molecule has 1 saturated heterocycles. The van der Waals surface area contributed by atoms with Crippen LogP contribution in [0.4, 0.5) is 0 Å². The van der Waals surface area contributed by atoms with Crippen molar-refractivity contribution in [1.82, 2.24) is 14.7 Å². The molecule has 2 heterocycles. The van der Waals surface area contributed by atoms with E-state index in [0.717, 1.165) is 18.9 Å². The van der Waals surface area contributed by atoms with Crippen LogP contribution < -0.4 is 5.56 Å². The van der Waals surface area contributed by atoms with Crippen molar-refractivity contribution in [3.05, 3.63) is 28.7 Å². The maximum absolute atomic E-state index is 12.1. The second-order valence-corrected chi connectivity index (χ2v) is 5.55. The van der Waals surface area contributed by atoms with Crippen LogP contribution in [0.2, 0.25) is 0 Å². The Bertz CT molecular complexity index is 538. The number of ether oxygens (including phenoxy) is 1. The van der Waals surface area contributed by atoms with Gasteiger partial charge in [-0.3, -0.25) is 9.59 Å². The van der Waals surface area contributed by atoms with Gasteiger partial charge in [0.25, 0.3) is 5.56 Å². The van der Waals surface area contributed by atoms with E-state index in [2.05, 4.69) is 5.10 Å². The molecule has 0 unspecified atom stereocenters. The molecular formula is C14H19N3O3. The summed E-state index contributed by atoms with van der Waals surface area (Å²) < 4.78 is 7.00. The Balaban J connectivity index is 1.50. The maximum Gasteiger partial charge on any atom is 0.267 e. The molecule has 0 bridgehead atoms. The third-order valence-corrected chi connectivity index (χ3v) is 3.83. The molecule has 0 aromatic carbocycles. The summed E-state index contributed by atoms with van der Waals surface area (Å²) in [5.41, 5.74) is -0.249. The first-order chi connectivity index (χ1) is 9.72. The summed E-state index contributed by atoms with van der Waals surface area (Å²) in [6.45, 7) is 2.17. The summed E-state index contributed by atoms with van der Waals surface area (Å²) >= 11 is 0. The quantitative estimate of drug-likeness (QED) is 0.775. The highest BCUT2D eigenvalue weighted by atomic mass is 16.5. The molecule has 108 valence electrons. The Morgan fingerprint density at radius 3 is 3.00 bits per heavy atom. The van der Waals surface area contributed by atoms with Crippen molar-refractivity contribution in [2.24, 2.45) is 5.92 Å². The Hall–Kier alpha value is -1.69. The summed E-state index contributed by atoms with van der Waals surface area (Å²) in [5, 5.41) is 3.90. The van der Waals surface area contributed by atoms with Crippen molar-refractivity contribution in [2.75, 3.05) is 19.7 Å². The van der Waals surface area contributed by atoms with Crippen LogP contribution in [0.1, 0.15) is 19.3 Å². The average Bonchev–Trinajstić information content (AvgIpc) is 3.15. The highest BCUT2D eigenvalue weighted by Gasteiger charge is 2.29. The molecular weight excluding hydrogens is 258 g/mol. The maximum atomic E-state index is 12.1. The number of aromatic nitrogens is 2. The van der Waals surface area contributed by atoms with Gasteiger partial charge >= 0.3 is 0 Å². The zero-order valence-electron chi connectivity index (χ0n) is 11.4. The Kier molecular flexibility index (Phi) is 3.82. The molecule has 0 spiro atoms. The molecule has 20 heavy (non-hydrogen) atoms. The number of carbonyl (C=O) groups is 1. The van der Waals surface area contributed by atoms with Crippen LogP contribution in [-0.2, 0) is 16.1 Å². The van der Waals surface area contributed by atoms with E-state index in [0.29, 0.717) is 13.1 Å². The minimum atomic E-state index is -0.249. The van der Waals surface area contributed by atoms with Gasteiger partial charge in [0.05, 0.1) is 6.10 Å². The molecule has 0 radical (unpaired) electrons. The van der Waals surface area contributed by atoms with Crippen molar-refractivity contribution in [1.29, 1.82) is 0 Å². The van der Waals surface area contributed by atoms with Gasteiger partial charge in [0, 0.05) is 32.0 Å². The monoisotopic (exact) mass is 277 g/mol. The van der Waals surface area contributed by atoms with Gasteiger partial charge in [0.2, 0.25) is 5.91 Å². The van der Waals surface area contributed by atoms with Crippen molar-refractivity contribution in [3.63, 3.8) is 0 Å². The molecule has 6 nitrogen and oxygen atoms in total. The number of rotatable bonds is 5. The van der Waals surface area contributed by atoms with E-state index in [4.69, 9.17) is 4.74 Å². The Morgan fingerprint density at radius 2 is 2.25 bits per heavy atom. The highest BCUT2D eigenvalue weighted by molar-refractivity contribution is 5.76. The van der Waals surface area contributed by atoms with Gasteiger partial charge in [0.1, 0.15) is 6.54 Å². The first kappa shape index (κ1) is 13.3. The van der Waals surface area contributed by atoms with E-state index >= 15 is 0 Å². The standard InChI is InChI=1S/C14H19N3O3/c18-13-2-1-6-15-17(13)9-14(19)16-7-5-12(8-16)20-10-11-3-4-11/h1-2,6,11-12H,3-5,7-10H2/t12-/m1/s1. The normalized spacial score (nSPS) is 22.2. The van der Waals surface area contributed by atoms with E-state index in [1.54, 1.807) is 11.0 Å². The van der Waals surface area contributed by atoms with E-state index in [1.165, 1.54) is 29.8 Å².